The van der Waals surface area contributed by atoms with Gasteiger partial charge in [-0.05, 0) is 61.9 Å². The number of carbonyl (C=O) groups excluding carboxylic acids is 1. The van der Waals surface area contributed by atoms with Gasteiger partial charge in [0.1, 0.15) is 5.75 Å². The molecule has 1 heterocycles. The average Bonchev–Trinajstić information content (AvgIpc) is 3.05. The molecule has 1 atom stereocenters. The minimum atomic E-state index is -3.59. The van der Waals surface area contributed by atoms with Gasteiger partial charge in [0.2, 0.25) is 15.9 Å². The van der Waals surface area contributed by atoms with E-state index in [1.54, 1.807) is 12.1 Å². The Morgan fingerprint density at radius 3 is 2.34 bits per heavy atom. The fourth-order valence-electron chi connectivity index (χ4n) is 3.66. The molecule has 0 unspecified atom stereocenters. The van der Waals surface area contributed by atoms with Gasteiger partial charge in [0.05, 0.1) is 23.8 Å². The number of benzene rings is 1. The topological polar surface area (TPSA) is 119 Å². The highest BCUT2D eigenvalue weighted by molar-refractivity contribution is 7.94. The Hall–Kier alpha value is -1.91. The van der Waals surface area contributed by atoms with E-state index >= 15 is 0 Å². The smallest absolute Gasteiger partial charge is 0.240 e. The number of hydrogen-bond acceptors (Lipinski definition) is 6. The standard InChI is InChI=1S/C19H26N2O6S2/c1-27-17-6-8-18(9-7-17)29(25,26)20-12-14-2-4-15(5-3-14)19(22)21-16-10-11-28(23,24)13-16/h6-11,14-16,20H,2-5,12-13H2,1H3,(H,21,22)/t14?,15?,16-/m1/s1. The summed E-state index contributed by atoms with van der Waals surface area (Å²) in [5, 5.41) is 3.92. The Balaban J connectivity index is 1.44. The molecule has 2 N–H and O–H groups in total. The second-order valence-electron chi connectivity index (χ2n) is 7.52. The molecule has 0 aromatic heterocycles. The predicted molar refractivity (Wildman–Crippen MR) is 108 cm³/mol. The van der Waals surface area contributed by atoms with Gasteiger partial charge in [-0.2, -0.15) is 0 Å². The second-order valence-corrected chi connectivity index (χ2v) is 11.2. The van der Waals surface area contributed by atoms with Crippen LogP contribution in [-0.4, -0.2) is 48.2 Å². The fourth-order valence-corrected chi connectivity index (χ4v) is 6.01. The molecule has 0 radical (unpaired) electrons. The lowest BCUT2D eigenvalue weighted by Crippen LogP contribution is -2.41. The molecule has 1 aromatic rings. The SMILES string of the molecule is COc1ccc(S(=O)(=O)NCC2CCC(C(=O)N[C@@H]3C=CS(=O)(=O)C3)CC2)cc1. The van der Waals surface area contributed by atoms with Crippen LogP contribution in [0.5, 0.6) is 5.75 Å². The summed E-state index contributed by atoms with van der Waals surface area (Å²) in [4.78, 5) is 12.6. The van der Waals surface area contributed by atoms with Crippen molar-refractivity contribution in [2.75, 3.05) is 19.4 Å². The third-order valence-electron chi connectivity index (χ3n) is 5.41. The minimum Gasteiger partial charge on any atom is -0.497 e. The summed E-state index contributed by atoms with van der Waals surface area (Å²) in [6.45, 7) is 0.326. The number of rotatable bonds is 7. The summed E-state index contributed by atoms with van der Waals surface area (Å²) in [7, 11) is -5.27. The number of ether oxygens (including phenoxy) is 1. The molecule has 160 valence electrons. The molecule has 1 aromatic carbocycles. The third-order valence-corrected chi connectivity index (χ3v) is 8.24. The third kappa shape index (κ3) is 5.80. The predicted octanol–water partition coefficient (Wildman–Crippen LogP) is 1.21. The van der Waals surface area contributed by atoms with Crippen LogP contribution < -0.4 is 14.8 Å². The van der Waals surface area contributed by atoms with Crippen LogP contribution >= 0.6 is 0 Å². The van der Waals surface area contributed by atoms with E-state index in [0.29, 0.717) is 25.1 Å². The first-order valence-corrected chi connectivity index (χ1v) is 12.7. The van der Waals surface area contributed by atoms with Crippen molar-refractivity contribution in [3.8, 4) is 5.75 Å². The van der Waals surface area contributed by atoms with Gasteiger partial charge in [-0.3, -0.25) is 4.79 Å². The molecular weight excluding hydrogens is 416 g/mol. The van der Waals surface area contributed by atoms with Crippen LogP contribution in [0.15, 0.2) is 40.6 Å². The molecule has 1 amide bonds. The highest BCUT2D eigenvalue weighted by Gasteiger charge is 2.30. The molecule has 10 heteroatoms. The summed E-state index contributed by atoms with van der Waals surface area (Å²) in [6.07, 6.45) is 4.30. The lowest BCUT2D eigenvalue weighted by atomic mass is 9.81. The normalized spacial score (nSPS) is 26.2. The Morgan fingerprint density at radius 2 is 1.79 bits per heavy atom. The molecule has 8 nitrogen and oxygen atoms in total. The monoisotopic (exact) mass is 442 g/mol. The molecule has 29 heavy (non-hydrogen) atoms. The van der Waals surface area contributed by atoms with Crippen molar-refractivity contribution in [3.63, 3.8) is 0 Å². The maximum Gasteiger partial charge on any atom is 0.240 e. The first-order chi connectivity index (χ1) is 13.7. The van der Waals surface area contributed by atoms with Gasteiger partial charge >= 0.3 is 0 Å². The zero-order valence-corrected chi connectivity index (χ0v) is 17.8. The van der Waals surface area contributed by atoms with Crippen molar-refractivity contribution in [1.29, 1.82) is 0 Å². The minimum absolute atomic E-state index is 0.0821. The van der Waals surface area contributed by atoms with Crippen molar-refractivity contribution >= 4 is 25.8 Å². The second kappa shape index (κ2) is 8.85. The maximum atomic E-state index is 12.4. The van der Waals surface area contributed by atoms with Gasteiger partial charge in [0.25, 0.3) is 0 Å². The van der Waals surface area contributed by atoms with Crippen molar-refractivity contribution in [1.82, 2.24) is 10.0 Å². The van der Waals surface area contributed by atoms with Crippen molar-refractivity contribution in [2.45, 2.75) is 36.6 Å². The lowest BCUT2D eigenvalue weighted by molar-refractivity contribution is -0.126. The number of sulfonamides is 1. The van der Waals surface area contributed by atoms with Crippen LogP contribution in [0.2, 0.25) is 0 Å². The van der Waals surface area contributed by atoms with E-state index in [2.05, 4.69) is 10.0 Å². The largest absolute Gasteiger partial charge is 0.497 e. The van der Waals surface area contributed by atoms with Crippen molar-refractivity contribution in [3.05, 3.63) is 35.7 Å². The molecule has 0 bridgehead atoms. The Labute approximate surface area is 171 Å². The van der Waals surface area contributed by atoms with E-state index in [4.69, 9.17) is 4.74 Å². The molecule has 1 fully saturated rings. The van der Waals surface area contributed by atoms with E-state index in [9.17, 15) is 21.6 Å². The fraction of sp³-hybridized carbons (Fsp3) is 0.526. The summed E-state index contributed by atoms with van der Waals surface area (Å²) in [5.74, 6) is 0.376. The number of carbonyl (C=O) groups is 1. The number of amides is 1. The molecular formula is C19H26N2O6S2. The number of hydrogen-bond donors (Lipinski definition) is 2. The Kier molecular flexibility index (Phi) is 6.65. The molecule has 0 saturated heterocycles. The number of methoxy groups -OCH3 is 1. The number of nitrogens with one attached hydrogen (secondary N) is 2. The van der Waals surface area contributed by atoms with E-state index in [0.717, 1.165) is 18.2 Å². The number of sulfone groups is 1. The Morgan fingerprint density at radius 1 is 1.14 bits per heavy atom. The highest BCUT2D eigenvalue weighted by Crippen LogP contribution is 2.29. The maximum absolute atomic E-state index is 12.4. The zero-order valence-electron chi connectivity index (χ0n) is 16.2. The van der Waals surface area contributed by atoms with Crippen molar-refractivity contribution < 1.29 is 26.4 Å². The van der Waals surface area contributed by atoms with Crippen LogP contribution in [-0.2, 0) is 24.7 Å². The van der Waals surface area contributed by atoms with Crippen LogP contribution in [0.1, 0.15) is 25.7 Å². The molecule has 0 spiro atoms. The van der Waals surface area contributed by atoms with E-state index in [1.165, 1.54) is 25.3 Å². The van der Waals surface area contributed by atoms with Gasteiger partial charge in [-0.1, -0.05) is 0 Å². The first-order valence-electron chi connectivity index (χ1n) is 9.53. The summed E-state index contributed by atoms with van der Waals surface area (Å²) >= 11 is 0. The van der Waals surface area contributed by atoms with Gasteiger partial charge < -0.3 is 10.1 Å². The van der Waals surface area contributed by atoms with Crippen LogP contribution in [0.4, 0.5) is 0 Å². The quantitative estimate of drug-likeness (QED) is 0.655. The zero-order chi connectivity index (χ0) is 21.1. The van der Waals surface area contributed by atoms with E-state index in [-0.39, 0.29) is 28.4 Å². The Bertz CT molecular complexity index is 962. The molecule has 2 aliphatic rings. The highest BCUT2D eigenvalue weighted by atomic mass is 32.2. The molecule has 3 rings (SSSR count). The summed E-state index contributed by atoms with van der Waals surface area (Å²) in [5.41, 5.74) is 0. The average molecular weight is 443 g/mol. The van der Waals surface area contributed by atoms with Gasteiger partial charge in [-0.25, -0.2) is 21.6 Å². The lowest BCUT2D eigenvalue weighted by Gasteiger charge is -2.28. The van der Waals surface area contributed by atoms with Gasteiger partial charge in [-0.15, -0.1) is 0 Å². The van der Waals surface area contributed by atoms with E-state index in [1.807, 2.05) is 0 Å². The van der Waals surface area contributed by atoms with Crippen molar-refractivity contribution in [2.24, 2.45) is 11.8 Å². The first kappa shape index (κ1) is 21.8. The van der Waals surface area contributed by atoms with Gasteiger partial charge in [0, 0.05) is 17.9 Å². The molecule has 1 aliphatic heterocycles. The van der Waals surface area contributed by atoms with Crippen LogP contribution in [0, 0.1) is 11.8 Å². The van der Waals surface area contributed by atoms with Gasteiger partial charge in [0.15, 0.2) is 9.84 Å². The molecule has 1 aliphatic carbocycles. The summed E-state index contributed by atoms with van der Waals surface area (Å²) in [6, 6.07) is 5.74. The molecule has 1 saturated carbocycles. The van der Waals surface area contributed by atoms with Crippen LogP contribution in [0.3, 0.4) is 0 Å². The van der Waals surface area contributed by atoms with Crippen LogP contribution in [0.25, 0.3) is 0 Å². The van der Waals surface area contributed by atoms with E-state index < -0.39 is 25.9 Å². The summed E-state index contributed by atoms with van der Waals surface area (Å²) < 4.78 is 55.4.